The van der Waals surface area contributed by atoms with Crippen LogP contribution in [0.25, 0.3) is 0 Å². The zero-order chi connectivity index (χ0) is 12.1. The second-order valence-corrected chi connectivity index (χ2v) is 4.19. The fourth-order valence-corrected chi connectivity index (χ4v) is 2.24. The van der Waals surface area contributed by atoms with Crippen LogP contribution in [0.4, 0.5) is 5.82 Å². The molecule has 2 heterocycles. The number of piperidine rings is 1. The van der Waals surface area contributed by atoms with Gasteiger partial charge in [0.15, 0.2) is 0 Å². The van der Waals surface area contributed by atoms with Crippen LogP contribution in [-0.2, 0) is 9.53 Å². The number of hydrogen-bond donors (Lipinski definition) is 0. The van der Waals surface area contributed by atoms with E-state index in [1.807, 2.05) is 6.07 Å². The summed E-state index contributed by atoms with van der Waals surface area (Å²) in [7, 11) is 1.43. The highest BCUT2D eigenvalue weighted by Gasteiger charge is 2.25. The Hall–Kier alpha value is -1.65. The van der Waals surface area contributed by atoms with Gasteiger partial charge >= 0.3 is 5.97 Å². The minimum atomic E-state index is -0.157. The number of nitrogens with zero attached hydrogens (tertiary/aromatic N) is 3. The molecule has 1 aliphatic rings. The van der Waals surface area contributed by atoms with Crippen molar-refractivity contribution >= 4 is 11.8 Å². The van der Waals surface area contributed by atoms with Crippen molar-refractivity contribution in [2.45, 2.75) is 31.7 Å². The number of carbonyl (C=O) groups excluding carboxylic acids is 1. The molecule has 0 saturated carbocycles. The molecule has 0 radical (unpaired) electrons. The molecule has 1 atom stereocenters. The number of ether oxygens (including phenoxy) is 1. The molecule has 5 heteroatoms. The zero-order valence-electron chi connectivity index (χ0n) is 10.0. The van der Waals surface area contributed by atoms with E-state index in [1.165, 1.54) is 7.11 Å². The molecule has 92 valence electrons. The van der Waals surface area contributed by atoms with E-state index in [-0.39, 0.29) is 12.0 Å². The standard InChI is InChI=1S/C12H17N3O2/c1-17-12(16)8-10-4-2-3-7-15(10)11-5-6-13-9-14-11/h5-6,9-10H,2-4,7-8H2,1H3. The zero-order valence-corrected chi connectivity index (χ0v) is 10.0. The van der Waals surface area contributed by atoms with Gasteiger partial charge in [0.2, 0.25) is 0 Å². The maximum atomic E-state index is 11.4. The van der Waals surface area contributed by atoms with Gasteiger partial charge in [-0.25, -0.2) is 9.97 Å². The molecular formula is C12H17N3O2. The maximum Gasteiger partial charge on any atom is 0.307 e. The first kappa shape index (κ1) is 11.8. The van der Waals surface area contributed by atoms with Gasteiger partial charge in [-0.1, -0.05) is 0 Å². The molecule has 0 aliphatic carbocycles. The highest BCUT2D eigenvalue weighted by atomic mass is 16.5. The third-order valence-electron chi connectivity index (χ3n) is 3.12. The Labute approximate surface area is 101 Å². The molecule has 1 aromatic rings. The SMILES string of the molecule is COC(=O)CC1CCCCN1c1ccncn1. The number of methoxy groups -OCH3 is 1. The fourth-order valence-electron chi connectivity index (χ4n) is 2.24. The van der Waals surface area contributed by atoms with Crippen LogP contribution in [-0.4, -0.2) is 35.6 Å². The van der Waals surface area contributed by atoms with Gasteiger partial charge in [-0.15, -0.1) is 0 Å². The number of carbonyl (C=O) groups is 1. The van der Waals surface area contributed by atoms with E-state index < -0.39 is 0 Å². The third kappa shape index (κ3) is 2.93. The largest absolute Gasteiger partial charge is 0.469 e. The molecule has 1 aromatic heterocycles. The molecule has 5 nitrogen and oxygen atoms in total. The Morgan fingerprint density at radius 2 is 2.47 bits per heavy atom. The first-order chi connectivity index (χ1) is 8.31. The molecular weight excluding hydrogens is 218 g/mol. The van der Waals surface area contributed by atoms with Gasteiger partial charge in [-0.3, -0.25) is 4.79 Å². The van der Waals surface area contributed by atoms with E-state index in [0.717, 1.165) is 31.6 Å². The van der Waals surface area contributed by atoms with Crippen LogP contribution >= 0.6 is 0 Å². The average molecular weight is 235 g/mol. The van der Waals surface area contributed by atoms with Crippen molar-refractivity contribution in [1.82, 2.24) is 9.97 Å². The number of hydrogen-bond acceptors (Lipinski definition) is 5. The number of anilines is 1. The van der Waals surface area contributed by atoms with Gasteiger partial charge in [0.1, 0.15) is 12.1 Å². The summed E-state index contributed by atoms with van der Waals surface area (Å²) in [5.41, 5.74) is 0. The maximum absolute atomic E-state index is 11.4. The van der Waals surface area contributed by atoms with E-state index >= 15 is 0 Å². The summed E-state index contributed by atoms with van der Waals surface area (Å²) in [5.74, 6) is 0.740. The van der Waals surface area contributed by atoms with Crippen molar-refractivity contribution in [3.8, 4) is 0 Å². The predicted molar refractivity (Wildman–Crippen MR) is 63.7 cm³/mol. The molecule has 17 heavy (non-hydrogen) atoms. The Morgan fingerprint density at radius 3 is 3.18 bits per heavy atom. The Kier molecular flexibility index (Phi) is 3.90. The van der Waals surface area contributed by atoms with Gasteiger partial charge in [0.05, 0.1) is 13.5 Å². The quantitative estimate of drug-likeness (QED) is 0.741. The fraction of sp³-hybridized carbons (Fsp3) is 0.583. The highest BCUT2D eigenvalue weighted by molar-refractivity contribution is 5.70. The smallest absolute Gasteiger partial charge is 0.307 e. The van der Waals surface area contributed by atoms with Crippen molar-refractivity contribution in [3.05, 3.63) is 18.6 Å². The number of esters is 1. The molecule has 2 rings (SSSR count). The van der Waals surface area contributed by atoms with Crippen molar-refractivity contribution in [2.75, 3.05) is 18.6 Å². The van der Waals surface area contributed by atoms with E-state index in [9.17, 15) is 4.79 Å². The summed E-state index contributed by atoms with van der Waals surface area (Å²) in [4.78, 5) is 21.7. The minimum Gasteiger partial charge on any atom is -0.469 e. The van der Waals surface area contributed by atoms with E-state index in [2.05, 4.69) is 14.9 Å². The summed E-state index contributed by atoms with van der Waals surface area (Å²) in [6, 6.07) is 2.08. The highest BCUT2D eigenvalue weighted by Crippen LogP contribution is 2.24. The lowest BCUT2D eigenvalue weighted by atomic mass is 9.99. The van der Waals surface area contributed by atoms with Gasteiger partial charge in [0, 0.05) is 18.8 Å². The summed E-state index contributed by atoms with van der Waals surface area (Å²) >= 11 is 0. The van der Waals surface area contributed by atoms with E-state index in [0.29, 0.717) is 6.42 Å². The van der Waals surface area contributed by atoms with Gasteiger partial charge in [-0.05, 0) is 25.3 Å². The van der Waals surface area contributed by atoms with Crippen LogP contribution in [0.5, 0.6) is 0 Å². The summed E-state index contributed by atoms with van der Waals surface area (Å²) in [6.45, 7) is 0.943. The molecule has 1 aliphatic heterocycles. The molecule has 0 amide bonds. The molecule has 1 fully saturated rings. The molecule has 1 saturated heterocycles. The van der Waals surface area contributed by atoms with Crippen LogP contribution in [0.2, 0.25) is 0 Å². The van der Waals surface area contributed by atoms with E-state index in [4.69, 9.17) is 4.74 Å². The Bertz CT molecular complexity index is 369. The van der Waals surface area contributed by atoms with Crippen LogP contribution < -0.4 is 4.90 Å². The summed E-state index contributed by atoms with van der Waals surface area (Å²) < 4.78 is 4.74. The third-order valence-corrected chi connectivity index (χ3v) is 3.12. The first-order valence-electron chi connectivity index (χ1n) is 5.90. The lowest BCUT2D eigenvalue weighted by Crippen LogP contribution is -2.41. The molecule has 0 spiro atoms. The molecule has 0 aromatic carbocycles. The van der Waals surface area contributed by atoms with Crippen molar-refractivity contribution in [3.63, 3.8) is 0 Å². The van der Waals surface area contributed by atoms with Gasteiger partial charge < -0.3 is 9.64 Å². The second kappa shape index (κ2) is 5.61. The van der Waals surface area contributed by atoms with Gasteiger partial charge in [0.25, 0.3) is 0 Å². The van der Waals surface area contributed by atoms with Crippen LogP contribution in [0, 0.1) is 0 Å². The van der Waals surface area contributed by atoms with E-state index in [1.54, 1.807) is 12.5 Å². The van der Waals surface area contributed by atoms with Crippen molar-refractivity contribution in [2.24, 2.45) is 0 Å². The van der Waals surface area contributed by atoms with Gasteiger partial charge in [-0.2, -0.15) is 0 Å². The Morgan fingerprint density at radius 1 is 1.59 bits per heavy atom. The Balaban J connectivity index is 2.09. The number of aromatic nitrogens is 2. The van der Waals surface area contributed by atoms with Crippen LogP contribution in [0.1, 0.15) is 25.7 Å². The molecule has 1 unspecified atom stereocenters. The summed E-state index contributed by atoms with van der Waals surface area (Å²) in [6.07, 6.45) is 7.01. The monoisotopic (exact) mass is 235 g/mol. The second-order valence-electron chi connectivity index (χ2n) is 4.19. The average Bonchev–Trinajstić information content (AvgIpc) is 2.40. The number of rotatable bonds is 3. The van der Waals surface area contributed by atoms with Crippen molar-refractivity contribution in [1.29, 1.82) is 0 Å². The summed E-state index contributed by atoms with van der Waals surface area (Å²) in [5, 5.41) is 0. The normalized spacial score (nSPS) is 20.1. The topological polar surface area (TPSA) is 55.3 Å². The van der Waals surface area contributed by atoms with Crippen LogP contribution in [0.3, 0.4) is 0 Å². The lowest BCUT2D eigenvalue weighted by Gasteiger charge is -2.35. The lowest BCUT2D eigenvalue weighted by molar-refractivity contribution is -0.141. The predicted octanol–water partition coefficient (Wildman–Crippen LogP) is 1.40. The van der Waals surface area contributed by atoms with Crippen LogP contribution in [0.15, 0.2) is 18.6 Å². The first-order valence-corrected chi connectivity index (χ1v) is 5.90. The molecule has 0 N–H and O–H groups in total. The van der Waals surface area contributed by atoms with Crippen molar-refractivity contribution < 1.29 is 9.53 Å². The minimum absolute atomic E-state index is 0.157. The molecule has 0 bridgehead atoms.